The molecule has 1 heterocycles. The predicted molar refractivity (Wildman–Crippen MR) is 54.3 cm³/mol. The number of piperidine rings is 1. The zero-order valence-electron chi connectivity index (χ0n) is 9.01. The average molecular weight is 180 g/mol. The Morgan fingerprint density at radius 2 is 2.23 bits per heavy atom. The average Bonchev–Trinajstić information content (AvgIpc) is 2.18. The van der Waals surface area contributed by atoms with Crippen LogP contribution in [0.25, 0.3) is 0 Å². The van der Waals surface area contributed by atoms with Crippen molar-refractivity contribution in [2.75, 3.05) is 13.1 Å². The van der Waals surface area contributed by atoms with E-state index in [4.69, 9.17) is 5.26 Å². The van der Waals surface area contributed by atoms with Crippen molar-refractivity contribution in [1.82, 2.24) is 4.90 Å². The van der Waals surface area contributed by atoms with Gasteiger partial charge in [0.15, 0.2) is 0 Å². The maximum Gasteiger partial charge on any atom is 0.103 e. The SMILES string of the molecule is CCC1CCCN(C(C)(C)C#N)C1. The second-order valence-corrected chi connectivity index (χ2v) is 4.53. The van der Waals surface area contributed by atoms with E-state index in [9.17, 15) is 0 Å². The molecule has 1 rings (SSSR count). The third-order valence-electron chi connectivity index (χ3n) is 3.16. The summed E-state index contributed by atoms with van der Waals surface area (Å²) in [5.41, 5.74) is -0.270. The van der Waals surface area contributed by atoms with Crippen LogP contribution in [0.2, 0.25) is 0 Å². The molecule has 0 aromatic heterocycles. The van der Waals surface area contributed by atoms with Gasteiger partial charge in [-0.2, -0.15) is 5.26 Å². The van der Waals surface area contributed by atoms with Crippen LogP contribution in [-0.2, 0) is 0 Å². The fraction of sp³-hybridized carbons (Fsp3) is 0.909. The van der Waals surface area contributed by atoms with Crippen molar-refractivity contribution in [3.8, 4) is 6.07 Å². The highest BCUT2D eigenvalue weighted by Gasteiger charge is 2.30. The van der Waals surface area contributed by atoms with Crippen molar-refractivity contribution in [1.29, 1.82) is 5.26 Å². The van der Waals surface area contributed by atoms with Crippen LogP contribution < -0.4 is 0 Å². The number of nitriles is 1. The molecule has 0 N–H and O–H groups in total. The van der Waals surface area contributed by atoms with E-state index in [-0.39, 0.29) is 5.54 Å². The van der Waals surface area contributed by atoms with Crippen LogP contribution in [0.3, 0.4) is 0 Å². The summed E-state index contributed by atoms with van der Waals surface area (Å²) in [6.45, 7) is 8.48. The summed E-state index contributed by atoms with van der Waals surface area (Å²) < 4.78 is 0. The number of rotatable bonds is 2. The minimum absolute atomic E-state index is 0.270. The molecule has 0 aliphatic carbocycles. The van der Waals surface area contributed by atoms with Crippen molar-refractivity contribution in [3.63, 3.8) is 0 Å². The molecule has 1 aliphatic heterocycles. The Bertz CT molecular complexity index is 203. The third kappa shape index (κ3) is 2.45. The van der Waals surface area contributed by atoms with Gasteiger partial charge in [0, 0.05) is 6.54 Å². The highest BCUT2D eigenvalue weighted by Crippen LogP contribution is 2.25. The first-order valence-electron chi connectivity index (χ1n) is 5.26. The number of likely N-dealkylation sites (tertiary alicyclic amines) is 1. The molecule has 0 radical (unpaired) electrons. The molecule has 0 aromatic carbocycles. The van der Waals surface area contributed by atoms with Gasteiger partial charge in [-0.05, 0) is 39.2 Å². The van der Waals surface area contributed by atoms with Crippen LogP contribution in [0.15, 0.2) is 0 Å². The summed E-state index contributed by atoms with van der Waals surface area (Å²) >= 11 is 0. The highest BCUT2D eigenvalue weighted by atomic mass is 15.2. The molecule has 0 amide bonds. The molecule has 1 fully saturated rings. The first-order chi connectivity index (χ1) is 6.10. The van der Waals surface area contributed by atoms with Crippen LogP contribution in [-0.4, -0.2) is 23.5 Å². The monoisotopic (exact) mass is 180 g/mol. The van der Waals surface area contributed by atoms with Crippen LogP contribution in [0.4, 0.5) is 0 Å². The molecule has 0 bridgehead atoms. The fourth-order valence-corrected chi connectivity index (χ4v) is 1.98. The maximum absolute atomic E-state index is 9.01. The molecule has 2 nitrogen and oxygen atoms in total. The van der Waals surface area contributed by atoms with E-state index in [0.717, 1.165) is 19.0 Å². The molecular weight excluding hydrogens is 160 g/mol. The normalized spacial score (nSPS) is 25.5. The van der Waals surface area contributed by atoms with Gasteiger partial charge in [0.05, 0.1) is 6.07 Å². The smallest absolute Gasteiger partial charge is 0.103 e. The van der Waals surface area contributed by atoms with Gasteiger partial charge >= 0.3 is 0 Å². The quantitative estimate of drug-likeness (QED) is 0.652. The lowest BCUT2D eigenvalue weighted by Crippen LogP contribution is -2.48. The molecule has 0 aromatic rings. The molecule has 1 aliphatic rings. The van der Waals surface area contributed by atoms with E-state index in [1.165, 1.54) is 19.3 Å². The van der Waals surface area contributed by atoms with Gasteiger partial charge < -0.3 is 0 Å². The molecule has 1 unspecified atom stereocenters. The lowest BCUT2D eigenvalue weighted by atomic mass is 9.92. The first kappa shape index (κ1) is 10.5. The minimum Gasteiger partial charge on any atom is -0.286 e. The van der Waals surface area contributed by atoms with E-state index in [1.807, 2.05) is 13.8 Å². The first-order valence-corrected chi connectivity index (χ1v) is 5.26. The predicted octanol–water partition coefficient (Wildman–Crippen LogP) is 2.41. The van der Waals surface area contributed by atoms with E-state index in [2.05, 4.69) is 17.9 Å². The number of nitrogens with zero attached hydrogens (tertiary/aromatic N) is 2. The Balaban J connectivity index is 2.57. The molecular formula is C11H20N2. The Kier molecular flexibility index (Phi) is 3.33. The molecule has 13 heavy (non-hydrogen) atoms. The van der Waals surface area contributed by atoms with E-state index < -0.39 is 0 Å². The van der Waals surface area contributed by atoms with Gasteiger partial charge in [0.2, 0.25) is 0 Å². The van der Waals surface area contributed by atoms with Crippen LogP contribution >= 0.6 is 0 Å². The second-order valence-electron chi connectivity index (χ2n) is 4.53. The lowest BCUT2D eigenvalue weighted by molar-refractivity contribution is 0.100. The van der Waals surface area contributed by atoms with Crippen molar-refractivity contribution < 1.29 is 0 Å². The van der Waals surface area contributed by atoms with Crippen molar-refractivity contribution in [2.45, 2.75) is 45.6 Å². The van der Waals surface area contributed by atoms with Crippen LogP contribution in [0.5, 0.6) is 0 Å². The lowest BCUT2D eigenvalue weighted by Gasteiger charge is -2.39. The third-order valence-corrected chi connectivity index (χ3v) is 3.16. The van der Waals surface area contributed by atoms with Crippen molar-refractivity contribution in [3.05, 3.63) is 0 Å². The molecule has 1 atom stereocenters. The standard InChI is InChI=1S/C11H20N2/c1-4-10-6-5-7-13(8-10)11(2,3)9-12/h10H,4-8H2,1-3H3. The zero-order chi connectivity index (χ0) is 9.90. The van der Waals surface area contributed by atoms with Gasteiger partial charge in [0.1, 0.15) is 5.54 Å². The summed E-state index contributed by atoms with van der Waals surface area (Å²) in [5.74, 6) is 0.807. The largest absolute Gasteiger partial charge is 0.286 e. The Morgan fingerprint density at radius 1 is 1.54 bits per heavy atom. The molecule has 2 heteroatoms. The van der Waals surface area contributed by atoms with Gasteiger partial charge in [0.25, 0.3) is 0 Å². The minimum atomic E-state index is -0.270. The summed E-state index contributed by atoms with van der Waals surface area (Å²) in [7, 11) is 0. The molecule has 0 spiro atoms. The second kappa shape index (κ2) is 4.11. The van der Waals surface area contributed by atoms with Crippen LogP contribution in [0.1, 0.15) is 40.0 Å². The van der Waals surface area contributed by atoms with E-state index in [1.54, 1.807) is 0 Å². The van der Waals surface area contributed by atoms with E-state index >= 15 is 0 Å². The topological polar surface area (TPSA) is 27.0 Å². The maximum atomic E-state index is 9.01. The number of hydrogen-bond acceptors (Lipinski definition) is 2. The van der Waals surface area contributed by atoms with Crippen molar-refractivity contribution >= 4 is 0 Å². The molecule has 1 saturated heterocycles. The Morgan fingerprint density at radius 3 is 2.77 bits per heavy atom. The Hall–Kier alpha value is -0.550. The number of hydrogen-bond donors (Lipinski definition) is 0. The zero-order valence-corrected chi connectivity index (χ0v) is 9.01. The van der Waals surface area contributed by atoms with Gasteiger partial charge in [-0.15, -0.1) is 0 Å². The summed E-state index contributed by atoms with van der Waals surface area (Å²) in [6, 6.07) is 2.38. The summed E-state index contributed by atoms with van der Waals surface area (Å²) in [4.78, 5) is 2.32. The highest BCUT2D eigenvalue weighted by molar-refractivity contribution is 5.02. The fourth-order valence-electron chi connectivity index (χ4n) is 1.98. The van der Waals surface area contributed by atoms with Gasteiger partial charge in [-0.3, -0.25) is 4.90 Å². The van der Waals surface area contributed by atoms with Crippen molar-refractivity contribution in [2.24, 2.45) is 5.92 Å². The molecule has 74 valence electrons. The van der Waals surface area contributed by atoms with Gasteiger partial charge in [-0.25, -0.2) is 0 Å². The molecule has 0 saturated carbocycles. The van der Waals surface area contributed by atoms with E-state index in [0.29, 0.717) is 0 Å². The summed E-state index contributed by atoms with van der Waals surface area (Å²) in [6.07, 6.45) is 3.84. The summed E-state index contributed by atoms with van der Waals surface area (Å²) in [5, 5.41) is 9.01. The van der Waals surface area contributed by atoms with Crippen LogP contribution in [0, 0.1) is 17.2 Å². The van der Waals surface area contributed by atoms with Gasteiger partial charge in [-0.1, -0.05) is 13.3 Å². The Labute approximate surface area is 81.5 Å².